The van der Waals surface area contributed by atoms with Crippen molar-refractivity contribution in [2.45, 2.75) is 39.2 Å². The molecule has 0 spiro atoms. The predicted octanol–water partition coefficient (Wildman–Crippen LogP) is 3.11. The fraction of sp³-hybridized carbons (Fsp3) is 0.286. The molecule has 3 N–H and O–H groups in total. The van der Waals surface area contributed by atoms with Crippen LogP contribution in [0.5, 0.6) is 0 Å². The minimum atomic E-state index is -0.580. The fourth-order valence-corrected chi connectivity index (χ4v) is 2.69. The van der Waals surface area contributed by atoms with Gasteiger partial charge in [0, 0.05) is 18.3 Å². The minimum absolute atomic E-state index is 0.133. The van der Waals surface area contributed by atoms with E-state index in [9.17, 15) is 14.4 Å². The van der Waals surface area contributed by atoms with Gasteiger partial charge in [-0.15, -0.1) is 0 Å². The van der Waals surface area contributed by atoms with Crippen molar-refractivity contribution in [3.63, 3.8) is 0 Å². The second-order valence-electron chi connectivity index (χ2n) is 6.32. The molecular weight excluding hydrogens is 342 g/mol. The van der Waals surface area contributed by atoms with Gasteiger partial charge in [0.1, 0.15) is 6.04 Å². The zero-order valence-corrected chi connectivity index (χ0v) is 15.6. The predicted molar refractivity (Wildman–Crippen MR) is 106 cm³/mol. The second-order valence-corrected chi connectivity index (χ2v) is 6.32. The summed E-state index contributed by atoms with van der Waals surface area (Å²) in [6.07, 6.45) is 1.60. The first-order chi connectivity index (χ1) is 13.0. The van der Waals surface area contributed by atoms with E-state index in [2.05, 4.69) is 16.0 Å². The van der Waals surface area contributed by atoms with Crippen molar-refractivity contribution in [1.29, 1.82) is 0 Å². The van der Waals surface area contributed by atoms with Crippen LogP contribution in [0.1, 0.15) is 32.3 Å². The van der Waals surface area contributed by atoms with Crippen LogP contribution in [-0.2, 0) is 20.8 Å². The Bertz CT molecular complexity index is 790. The van der Waals surface area contributed by atoms with Crippen LogP contribution in [0.4, 0.5) is 11.4 Å². The molecule has 6 nitrogen and oxygen atoms in total. The van der Waals surface area contributed by atoms with Crippen LogP contribution in [0, 0.1) is 0 Å². The standard InChI is InChI=1S/C21H25N3O3/c1-3-8-19(22-15(2)25)21(27)24-18-12-7-11-17(14-18)23-20(26)13-16-9-5-4-6-10-16/h4-7,9-12,14,19H,3,8,13H2,1-2H3,(H,22,25)(H,23,26)(H,24,27)/t19-/m1/s1. The summed E-state index contributed by atoms with van der Waals surface area (Å²) in [5.41, 5.74) is 2.08. The molecule has 2 rings (SSSR count). The largest absolute Gasteiger partial charge is 0.345 e. The summed E-state index contributed by atoms with van der Waals surface area (Å²) >= 11 is 0. The molecule has 27 heavy (non-hydrogen) atoms. The first kappa shape index (κ1) is 20.2. The average molecular weight is 367 g/mol. The van der Waals surface area contributed by atoms with Gasteiger partial charge in [0.05, 0.1) is 6.42 Å². The van der Waals surface area contributed by atoms with E-state index < -0.39 is 6.04 Å². The highest BCUT2D eigenvalue weighted by molar-refractivity contribution is 5.98. The van der Waals surface area contributed by atoms with Crippen LogP contribution >= 0.6 is 0 Å². The first-order valence-corrected chi connectivity index (χ1v) is 8.99. The molecule has 0 saturated heterocycles. The van der Waals surface area contributed by atoms with Crippen LogP contribution in [0.15, 0.2) is 54.6 Å². The maximum Gasteiger partial charge on any atom is 0.246 e. The quantitative estimate of drug-likeness (QED) is 0.670. The monoisotopic (exact) mass is 367 g/mol. The Morgan fingerprint density at radius 1 is 0.926 bits per heavy atom. The van der Waals surface area contributed by atoms with Crippen LogP contribution in [0.3, 0.4) is 0 Å². The highest BCUT2D eigenvalue weighted by atomic mass is 16.2. The van der Waals surface area contributed by atoms with E-state index in [1.807, 2.05) is 37.3 Å². The van der Waals surface area contributed by atoms with Crippen LogP contribution < -0.4 is 16.0 Å². The zero-order valence-electron chi connectivity index (χ0n) is 15.6. The molecule has 0 aliphatic carbocycles. The van der Waals surface area contributed by atoms with Gasteiger partial charge in [0.2, 0.25) is 17.7 Å². The summed E-state index contributed by atoms with van der Waals surface area (Å²) < 4.78 is 0. The van der Waals surface area contributed by atoms with E-state index >= 15 is 0 Å². The molecular formula is C21H25N3O3. The molecule has 2 aromatic rings. The lowest BCUT2D eigenvalue weighted by molar-refractivity contribution is -0.125. The number of carbonyl (C=O) groups excluding carboxylic acids is 3. The van der Waals surface area contributed by atoms with E-state index in [1.54, 1.807) is 24.3 Å². The van der Waals surface area contributed by atoms with Gasteiger partial charge >= 0.3 is 0 Å². The normalized spacial score (nSPS) is 11.3. The maximum atomic E-state index is 12.4. The molecule has 0 saturated carbocycles. The van der Waals surface area contributed by atoms with Crippen molar-refractivity contribution >= 4 is 29.1 Å². The number of hydrogen-bond donors (Lipinski definition) is 3. The van der Waals surface area contributed by atoms with E-state index in [4.69, 9.17) is 0 Å². The molecule has 0 bridgehead atoms. The number of hydrogen-bond acceptors (Lipinski definition) is 3. The third-order valence-electron chi connectivity index (χ3n) is 3.89. The zero-order chi connectivity index (χ0) is 19.6. The summed E-state index contributed by atoms with van der Waals surface area (Å²) in [5.74, 6) is -0.655. The first-order valence-electron chi connectivity index (χ1n) is 8.99. The average Bonchev–Trinajstić information content (AvgIpc) is 2.62. The van der Waals surface area contributed by atoms with Gasteiger partial charge in [-0.05, 0) is 30.2 Å². The maximum absolute atomic E-state index is 12.4. The summed E-state index contributed by atoms with van der Waals surface area (Å²) in [5, 5.41) is 8.28. The second kappa shape index (κ2) is 10.1. The van der Waals surface area contributed by atoms with Gasteiger partial charge in [-0.1, -0.05) is 49.7 Å². The van der Waals surface area contributed by atoms with Crippen LogP contribution in [0.25, 0.3) is 0 Å². The molecule has 0 unspecified atom stereocenters. The Morgan fingerprint density at radius 2 is 1.59 bits per heavy atom. The summed E-state index contributed by atoms with van der Waals surface area (Å²) in [6, 6.07) is 15.8. The molecule has 0 aromatic heterocycles. The van der Waals surface area contributed by atoms with Crippen molar-refractivity contribution in [3.8, 4) is 0 Å². The molecule has 0 aliphatic heterocycles. The van der Waals surface area contributed by atoms with Gasteiger partial charge in [0.15, 0.2) is 0 Å². The van der Waals surface area contributed by atoms with Crippen molar-refractivity contribution in [2.24, 2.45) is 0 Å². The van der Waals surface area contributed by atoms with Gasteiger partial charge in [0.25, 0.3) is 0 Å². The van der Waals surface area contributed by atoms with Crippen molar-refractivity contribution in [2.75, 3.05) is 10.6 Å². The fourth-order valence-electron chi connectivity index (χ4n) is 2.69. The van der Waals surface area contributed by atoms with Gasteiger partial charge in [-0.3, -0.25) is 14.4 Å². The van der Waals surface area contributed by atoms with E-state index in [1.165, 1.54) is 6.92 Å². The van der Waals surface area contributed by atoms with Crippen LogP contribution in [0.2, 0.25) is 0 Å². The van der Waals surface area contributed by atoms with Crippen molar-refractivity contribution < 1.29 is 14.4 Å². The lowest BCUT2D eigenvalue weighted by Crippen LogP contribution is -2.42. The van der Waals surface area contributed by atoms with Crippen molar-refractivity contribution in [1.82, 2.24) is 5.32 Å². The SMILES string of the molecule is CCC[C@@H](NC(C)=O)C(=O)Nc1cccc(NC(=O)Cc2ccccc2)c1. The lowest BCUT2D eigenvalue weighted by atomic mass is 10.1. The smallest absolute Gasteiger partial charge is 0.246 e. The molecule has 0 heterocycles. The van der Waals surface area contributed by atoms with Gasteiger partial charge in [-0.2, -0.15) is 0 Å². The number of anilines is 2. The molecule has 6 heteroatoms. The molecule has 142 valence electrons. The third-order valence-corrected chi connectivity index (χ3v) is 3.89. The van der Waals surface area contributed by atoms with Crippen LogP contribution in [-0.4, -0.2) is 23.8 Å². The summed E-state index contributed by atoms with van der Waals surface area (Å²) in [6.45, 7) is 3.34. The Balaban J connectivity index is 1.98. The highest BCUT2D eigenvalue weighted by Gasteiger charge is 2.18. The summed E-state index contributed by atoms with van der Waals surface area (Å²) in [7, 11) is 0. The molecule has 1 atom stereocenters. The molecule has 2 aromatic carbocycles. The topological polar surface area (TPSA) is 87.3 Å². The van der Waals surface area contributed by atoms with Crippen molar-refractivity contribution in [3.05, 3.63) is 60.2 Å². The Morgan fingerprint density at radius 3 is 2.22 bits per heavy atom. The number of carbonyl (C=O) groups is 3. The van der Waals surface area contributed by atoms with E-state index in [-0.39, 0.29) is 24.1 Å². The Kier molecular flexibility index (Phi) is 7.55. The number of amides is 3. The van der Waals surface area contributed by atoms with Gasteiger partial charge < -0.3 is 16.0 Å². The summed E-state index contributed by atoms with van der Waals surface area (Å²) in [4.78, 5) is 35.9. The Labute approximate surface area is 159 Å². The molecule has 0 radical (unpaired) electrons. The highest BCUT2D eigenvalue weighted by Crippen LogP contribution is 2.16. The Hall–Kier alpha value is -3.15. The number of rotatable bonds is 8. The molecule has 0 aliphatic rings. The number of nitrogens with one attached hydrogen (secondary N) is 3. The van der Waals surface area contributed by atoms with E-state index in [0.717, 1.165) is 12.0 Å². The lowest BCUT2D eigenvalue weighted by Gasteiger charge is -2.17. The molecule has 3 amide bonds. The molecule has 0 fully saturated rings. The number of benzene rings is 2. The third kappa shape index (κ3) is 6.93. The van der Waals surface area contributed by atoms with E-state index in [0.29, 0.717) is 17.8 Å². The minimum Gasteiger partial charge on any atom is -0.345 e. The van der Waals surface area contributed by atoms with Gasteiger partial charge in [-0.25, -0.2) is 0 Å².